The van der Waals surface area contributed by atoms with Crippen LogP contribution >= 0.6 is 23.2 Å². The number of aromatic amines is 1. The average molecular weight is 465 g/mol. The van der Waals surface area contributed by atoms with Gasteiger partial charge in [0.1, 0.15) is 6.20 Å². The summed E-state index contributed by atoms with van der Waals surface area (Å²) in [6.45, 7) is 2.03. The van der Waals surface area contributed by atoms with Gasteiger partial charge in [0, 0.05) is 11.1 Å². The molecule has 0 amide bonds. The smallest absolute Gasteiger partial charge is 0.370 e. The van der Waals surface area contributed by atoms with E-state index in [1.165, 1.54) is 12.1 Å². The molecule has 1 atom stereocenters. The molecule has 0 radical (unpaired) electrons. The topological polar surface area (TPSA) is 138 Å². The maximum absolute atomic E-state index is 12.4. The highest BCUT2D eigenvalue weighted by Gasteiger charge is 2.27. The van der Waals surface area contributed by atoms with Crippen LogP contribution in [0.15, 0.2) is 32.7 Å². The SMILES string of the molecule is CCC1CCCc2c(Oc3c(Cl)cc(-n4ncc(=O)n(N)c4=O)cc3Cl)n[nH]c(=O)c21. The number of hydrogen-bond acceptors (Lipinski definition) is 7. The fraction of sp³-hybridized carbons (Fsp3) is 0.316. The first kappa shape index (κ1) is 21.1. The monoisotopic (exact) mass is 464 g/mol. The third-order valence-corrected chi connectivity index (χ3v) is 5.86. The number of halogens is 2. The van der Waals surface area contributed by atoms with Gasteiger partial charge in [-0.1, -0.05) is 30.1 Å². The third kappa shape index (κ3) is 3.72. The molecule has 1 unspecified atom stereocenters. The molecule has 2 heterocycles. The standard InChI is InChI=1S/C19H18Cl2N6O4/c1-2-9-4-3-5-11-15(9)17(29)24-25-18(11)31-16-12(20)6-10(7-13(16)21)27-19(30)26(22)14(28)8-23-27/h6-9H,2-5,22H2,1H3,(H,24,29). The maximum Gasteiger partial charge on any atom is 0.370 e. The molecule has 4 rings (SSSR count). The zero-order chi connectivity index (χ0) is 22.3. The molecule has 1 aliphatic rings. The second-order valence-corrected chi connectivity index (χ2v) is 7.95. The van der Waals surface area contributed by atoms with E-state index in [-0.39, 0.29) is 38.8 Å². The molecule has 3 aromatic rings. The molecule has 0 spiro atoms. The lowest BCUT2D eigenvalue weighted by atomic mass is 9.83. The molecule has 31 heavy (non-hydrogen) atoms. The van der Waals surface area contributed by atoms with E-state index in [9.17, 15) is 14.4 Å². The molecule has 1 aliphatic carbocycles. The Morgan fingerprint density at radius 1 is 1.26 bits per heavy atom. The van der Waals surface area contributed by atoms with E-state index in [0.29, 0.717) is 16.7 Å². The van der Waals surface area contributed by atoms with Gasteiger partial charge < -0.3 is 10.6 Å². The normalized spacial score (nSPS) is 15.5. The highest BCUT2D eigenvalue weighted by molar-refractivity contribution is 6.37. The van der Waals surface area contributed by atoms with E-state index >= 15 is 0 Å². The maximum atomic E-state index is 12.4. The molecule has 0 saturated heterocycles. The van der Waals surface area contributed by atoms with E-state index in [1.807, 2.05) is 6.92 Å². The third-order valence-electron chi connectivity index (χ3n) is 5.30. The summed E-state index contributed by atoms with van der Waals surface area (Å²) in [4.78, 5) is 36.0. The molecule has 0 aliphatic heterocycles. The van der Waals surface area contributed by atoms with Crippen LogP contribution in [-0.4, -0.2) is 24.7 Å². The molecular weight excluding hydrogens is 447 g/mol. The van der Waals surface area contributed by atoms with Gasteiger partial charge in [-0.2, -0.15) is 14.5 Å². The van der Waals surface area contributed by atoms with Crippen LogP contribution in [0.1, 0.15) is 43.2 Å². The van der Waals surface area contributed by atoms with Crippen molar-refractivity contribution in [2.24, 2.45) is 0 Å². The molecule has 2 aromatic heterocycles. The lowest BCUT2D eigenvalue weighted by Gasteiger charge is -2.24. The van der Waals surface area contributed by atoms with Crippen LogP contribution in [0.5, 0.6) is 11.6 Å². The van der Waals surface area contributed by atoms with Crippen molar-refractivity contribution in [3.8, 4) is 17.3 Å². The largest absolute Gasteiger partial charge is 0.434 e. The first-order valence-electron chi connectivity index (χ1n) is 9.57. The van der Waals surface area contributed by atoms with Gasteiger partial charge in [0.2, 0.25) is 5.88 Å². The summed E-state index contributed by atoms with van der Waals surface area (Å²) in [6.07, 6.45) is 4.23. The second kappa shape index (κ2) is 8.20. The molecule has 3 N–H and O–H groups in total. The number of aromatic nitrogens is 5. The minimum absolute atomic E-state index is 0.0792. The Balaban J connectivity index is 1.77. The van der Waals surface area contributed by atoms with Crippen molar-refractivity contribution in [2.45, 2.75) is 38.5 Å². The lowest BCUT2D eigenvalue weighted by molar-refractivity contribution is 0.430. The molecular formula is C19H18Cl2N6O4. The number of ether oxygens (including phenoxy) is 1. The van der Waals surface area contributed by atoms with E-state index < -0.39 is 11.2 Å². The fourth-order valence-electron chi connectivity index (χ4n) is 3.77. The van der Waals surface area contributed by atoms with Crippen molar-refractivity contribution >= 4 is 23.2 Å². The highest BCUT2D eigenvalue weighted by Crippen LogP contribution is 2.41. The Hall–Kier alpha value is -3.11. The summed E-state index contributed by atoms with van der Waals surface area (Å²) in [6, 6.07) is 2.79. The van der Waals surface area contributed by atoms with Crippen LogP contribution in [0.4, 0.5) is 0 Å². The molecule has 162 valence electrons. The van der Waals surface area contributed by atoms with Crippen molar-refractivity contribution in [3.63, 3.8) is 0 Å². The summed E-state index contributed by atoms with van der Waals surface area (Å²) in [5.41, 5.74) is -0.222. The van der Waals surface area contributed by atoms with E-state index in [1.54, 1.807) is 0 Å². The van der Waals surface area contributed by atoms with E-state index in [2.05, 4.69) is 15.3 Å². The summed E-state index contributed by atoms with van der Waals surface area (Å²) >= 11 is 12.8. The van der Waals surface area contributed by atoms with Crippen molar-refractivity contribution in [1.82, 2.24) is 24.7 Å². The quantitative estimate of drug-likeness (QED) is 0.563. The Bertz CT molecular complexity index is 1320. The van der Waals surface area contributed by atoms with E-state index in [4.69, 9.17) is 33.8 Å². The van der Waals surface area contributed by atoms with Crippen LogP contribution in [0.25, 0.3) is 5.69 Å². The van der Waals surface area contributed by atoms with Crippen LogP contribution in [0, 0.1) is 0 Å². The number of nitrogens with zero attached hydrogens (tertiary/aromatic N) is 4. The molecule has 12 heteroatoms. The predicted molar refractivity (Wildman–Crippen MR) is 115 cm³/mol. The highest BCUT2D eigenvalue weighted by atomic mass is 35.5. The van der Waals surface area contributed by atoms with Crippen molar-refractivity contribution in [2.75, 3.05) is 5.84 Å². The average Bonchev–Trinajstić information content (AvgIpc) is 2.75. The van der Waals surface area contributed by atoms with Crippen LogP contribution in [0.3, 0.4) is 0 Å². The number of hydrogen-bond donors (Lipinski definition) is 2. The number of fused-ring (bicyclic) bond motifs is 1. The van der Waals surface area contributed by atoms with E-state index in [0.717, 1.165) is 35.7 Å². The van der Waals surface area contributed by atoms with Gasteiger partial charge in [-0.3, -0.25) is 9.59 Å². The Morgan fingerprint density at radius 3 is 2.65 bits per heavy atom. The molecule has 0 bridgehead atoms. The van der Waals surface area contributed by atoms with Crippen molar-refractivity contribution < 1.29 is 4.74 Å². The van der Waals surface area contributed by atoms with Gasteiger partial charge in [0.05, 0.1) is 15.7 Å². The first-order chi connectivity index (χ1) is 14.8. The van der Waals surface area contributed by atoms with Gasteiger partial charge >= 0.3 is 5.69 Å². The van der Waals surface area contributed by atoms with Crippen LogP contribution < -0.4 is 27.4 Å². The fourth-order valence-corrected chi connectivity index (χ4v) is 4.32. The van der Waals surface area contributed by atoms with Gasteiger partial charge in [-0.15, -0.1) is 5.10 Å². The zero-order valence-electron chi connectivity index (χ0n) is 16.4. The first-order valence-corrected chi connectivity index (χ1v) is 10.3. The van der Waals surface area contributed by atoms with Gasteiger partial charge in [-0.25, -0.2) is 9.89 Å². The van der Waals surface area contributed by atoms with Crippen LogP contribution in [-0.2, 0) is 6.42 Å². The van der Waals surface area contributed by atoms with Crippen LogP contribution in [0.2, 0.25) is 10.0 Å². The Morgan fingerprint density at radius 2 is 1.97 bits per heavy atom. The minimum Gasteiger partial charge on any atom is -0.434 e. The summed E-state index contributed by atoms with van der Waals surface area (Å²) in [5.74, 6) is 5.91. The Kier molecular flexibility index (Phi) is 5.59. The van der Waals surface area contributed by atoms with Gasteiger partial charge in [0.15, 0.2) is 5.75 Å². The molecule has 0 saturated carbocycles. The number of H-pyrrole nitrogens is 1. The number of nitrogen functional groups attached to an aromatic ring is 1. The van der Waals surface area contributed by atoms with Crippen molar-refractivity contribution in [1.29, 1.82) is 0 Å². The zero-order valence-corrected chi connectivity index (χ0v) is 17.9. The summed E-state index contributed by atoms with van der Waals surface area (Å²) in [5, 5.41) is 10.5. The van der Waals surface area contributed by atoms with Gasteiger partial charge in [0.25, 0.3) is 11.1 Å². The minimum atomic E-state index is -0.865. The number of rotatable bonds is 4. The van der Waals surface area contributed by atoms with Gasteiger partial charge in [-0.05, 0) is 43.7 Å². The Labute approximate surface area is 185 Å². The summed E-state index contributed by atoms with van der Waals surface area (Å²) in [7, 11) is 0. The lowest BCUT2D eigenvalue weighted by Crippen LogP contribution is -2.44. The number of nitrogens with one attached hydrogen (secondary N) is 1. The molecule has 0 fully saturated rings. The number of nitrogens with two attached hydrogens (primary N) is 1. The summed E-state index contributed by atoms with van der Waals surface area (Å²) < 4.78 is 7.22. The number of benzene rings is 1. The molecule has 1 aromatic carbocycles. The second-order valence-electron chi connectivity index (χ2n) is 7.14. The van der Waals surface area contributed by atoms with Crippen molar-refractivity contribution in [3.05, 3.63) is 70.7 Å². The molecule has 10 nitrogen and oxygen atoms in total. The predicted octanol–water partition coefficient (Wildman–Crippen LogP) is 2.12.